The molecular weight excluding hydrogens is 530 g/mol. The second kappa shape index (κ2) is 9.91. The van der Waals surface area contributed by atoms with Crippen molar-refractivity contribution >= 4 is 49.3 Å². The summed E-state index contributed by atoms with van der Waals surface area (Å²) in [6.45, 7) is 4.66. The van der Waals surface area contributed by atoms with Crippen molar-refractivity contribution in [3.05, 3.63) is 79.1 Å². The number of carbonyl (C=O) groups is 1. The van der Waals surface area contributed by atoms with Crippen molar-refractivity contribution in [1.29, 1.82) is 0 Å². The first-order valence-electron chi connectivity index (χ1n) is 11.6. The quantitative estimate of drug-likeness (QED) is 0.234. The Morgan fingerprint density at radius 2 is 1.89 bits per heavy atom. The van der Waals surface area contributed by atoms with Crippen LogP contribution in [0.2, 0.25) is 0 Å². The van der Waals surface area contributed by atoms with Gasteiger partial charge in [-0.25, -0.2) is 0 Å². The van der Waals surface area contributed by atoms with E-state index in [1.54, 1.807) is 18.2 Å². The number of nitrogens with zero attached hydrogens (tertiary/aromatic N) is 3. The van der Waals surface area contributed by atoms with Crippen LogP contribution in [0.25, 0.3) is 11.0 Å². The van der Waals surface area contributed by atoms with Crippen LogP contribution in [0.5, 0.6) is 5.75 Å². The summed E-state index contributed by atoms with van der Waals surface area (Å²) in [6, 6.07) is 12.0. The Morgan fingerprint density at radius 3 is 2.60 bits per heavy atom. The molecule has 0 fully saturated rings. The minimum atomic E-state index is -0.678. The van der Waals surface area contributed by atoms with E-state index in [2.05, 4.69) is 33.1 Å². The van der Waals surface area contributed by atoms with E-state index in [1.165, 1.54) is 29.1 Å². The van der Waals surface area contributed by atoms with Crippen molar-refractivity contribution in [2.24, 2.45) is 0 Å². The number of aryl methyl sites for hydroxylation is 1. The van der Waals surface area contributed by atoms with Crippen LogP contribution in [0, 0.1) is 6.92 Å². The number of ether oxygens (including phenoxy) is 1. The molecule has 1 aliphatic rings. The molecule has 1 atom stereocenters. The second-order valence-electron chi connectivity index (χ2n) is 8.47. The number of fused-ring (bicyclic) bond motifs is 2. The molecule has 1 aliphatic heterocycles. The lowest BCUT2D eigenvalue weighted by Gasteiger charge is -2.22. The smallest absolute Gasteiger partial charge is 0.297 e. The Bertz CT molecular complexity index is 1450. The molecule has 0 spiro atoms. The molecule has 2 aromatic heterocycles. The van der Waals surface area contributed by atoms with E-state index >= 15 is 0 Å². The van der Waals surface area contributed by atoms with Gasteiger partial charge in [0.25, 0.3) is 5.91 Å². The van der Waals surface area contributed by atoms with Crippen molar-refractivity contribution in [2.75, 3.05) is 11.5 Å². The van der Waals surface area contributed by atoms with Crippen LogP contribution in [0.1, 0.15) is 65.3 Å². The maximum atomic E-state index is 13.7. The minimum absolute atomic E-state index is 0.0407. The lowest BCUT2D eigenvalue weighted by atomic mass is 9.98. The molecule has 9 heteroatoms. The highest BCUT2D eigenvalue weighted by Crippen LogP contribution is 2.42. The molecule has 7 nitrogen and oxygen atoms in total. The van der Waals surface area contributed by atoms with Crippen LogP contribution in [0.3, 0.4) is 0 Å². The minimum Gasteiger partial charge on any atom is -0.494 e. The summed E-state index contributed by atoms with van der Waals surface area (Å²) in [5.41, 5.74) is 1.21. The lowest BCUT2D eigenvalue weighted by molar-refractivity contribution is 0.0970. The third kappa shape index (κ3) is 4.50. The van der Waals surface area contributed by atoms with Crippen LogP contribution in [-0.4, -0.2) is 22.7 Å². The van der Waals surface area contributed by atoms with Crippen molar-refractivity contribution < 1.29 is 13.9 Å². The molecule has 3 heterocycles. The van der Waals surface area contributed by atoms with Gasteiger partial charge in [0.05, 0.1) is 23.6 Å². The van der Waals surface area contributed by atoms with E-state index in [0.29, 0.717) is 28.3 Å². The predicted octanol–water partition coefficient (Wildman–Crippen LogP) is 6.42. The molecule has 0 radical (unpaired) electrons. The average Bonchev–Trinajstić information content (AvgIpc) is 3.41. The molecule has 35 heavy (non-hydrogen) atoms. The Labute approximate surface area is 214 Å². The highest BCUT2D eigenvalue weighted by Gasteiger charge is 2.45. The number of rotatable bonds is 8. The topological polar surface area (TPSA) is 85.5 Å². The van der Waals surface area contributed by atoms with Gasteiger partial charge in [0.1, 0.15) is 16.3 Å². The monoisotopic (exact) mass is 553 g/mol. The second-order valence-corrected chi connectivity index (χ2v) is 10.5. The average molecular weight is 554 g/mol. The fourth-order valence-electron chi connectivity index (χ4n) is 4.31. The van der Waals surface area contributed by atoms with E-state index in [9.17, 15) is 9.59 Å². The molecule has 1 unspecified atom stereocenters. The first-order valence-corrected chi connectivity index (χ1v) is 13.2. The highest BCUT2D eigenvalue weighted by atomic mass is 79.9. The maximum Gasteiger partial charge on any atom is 0.297 e. The number of amides is 1. The summed E-state index contributed by atoms with van der Waals surface area (Å²) in [5.74, 6) is 0.390. The number of anilines is 1. The molecule has 2 aromatic carbocycles. The summed E-state index contributed by atoms with van der Waals surface area (Å²) in [5, 5.41) is 9.85. The molecular formula is C26H24BrN3O4S. The van der Waals surface area contributed by atoms with Gasteiger partial charge in [-0.2, -0.15) is 0 Å². The maximum absolute atomic E-state index is 13.7. The summed E-state index contributed by atoms with van der Waals surface area (Å²) in [6.07, 6.45) is 4.53. The van der Waals surface area contributed by atoms with E-state index in [1.807, 2.05) is 31.2 Å². The fourth-order valence-corrected chi connectivity index (χ4v) is 5.38. The zero-order chi connectivity index (χ0) is 24.5. The number of aromatic nitrogens is 2. The highest BCUT2D eigenvalue weighted by molar-refractivity contribution is 9.10. The van der Waals surface area contributed by atoms with Crippen molar-refractivity contribution in [3.63, 3.8) is 0 Å². The molecule has 0 aliphatic carbocycles. The number of carbonyl (C=O) groups excluding carboxylic acids is 1. The summed E-state index contributed by atoms with van der Waals surface area (Å²) >= 11 is 4.72. The van der Waals surface area contributed by atoms with Gasteiger partial charge in [-0.1, -0.05) is 65.6 Å². The first kappa shape index (κ1) is 23.7. The standard InChI is InChI=1S/C26H24BrN3O4S/c1-3-4-5-6-13-33-18-10-7-16(8-11-18)22-21-23(31)19-14-17(27)9-12-20(19)34-24(21)25(32)30(22)26-29-28-15(2)35-26/h7-12,14,22H,3-6,13H2,1-2H3. The van der Waals surface area contributed by atoms with Gasteiger partial charge >= 0.3 is 0 Å². The number of hydrogen-bond acceptors (Lipinski definition) is 7. The predicted molar refractivity (Wildman–Crippen MR) is 140 cm³/mol. The number of halogens is 1. The first-order chi connectivity index (χ1) is 17.0. The lowest BCUT2D eigenvalue weighted by Crippen LogP contribution is -2.29. The summed E-state index contributed by atoms with van der Waals surface area (Å²) in [7, 11) is 0. The molecule has 0 N–H and O–H groups in total. The zero-order valence-corrected chi connectivity index (χ0v) is 21.8. The Hall–Kier alpha value is -3.04. The Balaban J connectivity index is 1.56. The van der Waals surface area contributed by atoms with Crippen LogP contribution in [0.4, 0.5) is 5.13 Å². The molecule has 0 saturated heterocycles. The number of benzene rings is 2. The van der Waals surface area contributed by atoms with Gasteiger partial charge in [0.2, 0.25) is 10.9 Å². The Kier molecular flexibility index (Phi) is 6.71. The van der Waals surface area contributed by atoms with Gasteiger partial charge in [0.15, 0.2) is 5.43 Å². The Morgan fingerprint density at radius 1 is 1.09 bits per heavy atom. The van der Waals surface area contributed by atoms with Gasteiger partial charge in [-0.05, 0) is 49.2 Å². The molecule has 0 bridgehead atoms. The molecule has 4 aromatic rings. The van der Waals surface area contributed by atoms with E-state index < -0.39 is 11.9 Å². The molecule has 0 saturated carbocycles. The van der Waals surface area contributed by atoms with Crippen LogP contribution in [0.15, 0.2) is 56.1 Å². The fraction of sp³-hybridized carbons (Fsp3) is 0.308. The molecule has 5 rings (SSSR count). The number of unbranched alkanes of at least 4 members (excludes halogenated alkanes) is 3. The van der Waals surface area contributed by atoms with E-state index in [0.717, 1.165) is 33.6 Å². The normalized spacial score (nSPS) is 15.1. The van der Waals surface area contributed by atoms with Gasteiger partial charge < -0.3 is 9.15 Å². The van der Waals surface area contributed by atoms with Crippen molar-refractivity contribution in [1.82, 2.24) is 10.2 Å². The third-order valence-electron chi connectivity index (χ3n) is 6.02. The van der Waals surface area contributed by atoms with Crippen LogP contribution >= 0.6 is 27.3 Å². The molecule has 1 amide bonds. The summed E-state index contributed by atoms with van der Waals surface area (Å²) in [4.78, 5) is 28.7. The number of hydrogen-bond donors (Lipinski definition) is 0. The van der Waals surface area contributed by atoms with Gasteiger partial charge in [0, 0.05) is 4.47 Å². The largest absolute Gasteiger partial charge is 0.494 e. The van der Waals surface area contributed by atoms with E-state index in [4.69, 9.17) is 9.15 Å². The van der Waals surface area contributed by atoms with E-state index in [-0.39, 0.29) is 11.2 Å². The third-order valence-corrected chi connectivity index (χ3v) is 7.35. The SMILES string of the molecule is CCCCCCOc1ccc(C2c3c(oc4ccc(Br)cc4c3=O)C(=O)N2c2nnc(C)s2)cc1. The van der Waals surface area contributed by atoms with Gasteiger partial charge in [-0.3, -0.25) is 14.5 Å². The van der Waals surface area contributed by atoms with Crippen molar-refractivity contribution in [2.45, 2.75) is 45.6 Å². The van der Waals surface area contributed by atoms with Crippen LogP contribution in [-0.2, 0) is 0 Å². The van der Waals surface area contributed by atoms with Crippen LogP contribution < -0.4 is 15.1 Å². The molecule has 180 valence electrons. The summed E-state index contributed by atoms with van der Waals surface area (Å²) < 4.78 is 12.6. The van der Waals surface area contributed by atoms with Crippen molar-refractivity contribution in [3.8, 4) is 5.75 Å². The zero-order valence-electron chi connectivity index (χ0n) is 19.4. The van der Waals surface area contributed by atoms with Gasteiger partial charge in [-0.15, -0.1) is 10.2 Å².